The Hall–Kier alpha value is -1.99. The van der Waals surface area contributed by atoms with Crippen molar-refractivity contribution in [1.82, 2.24) is 4.98 Å². The van der Waals surface area contributed by atoms with Crippen LogP contribution in [0.3, 0.4) is 0 Å². The number of carboxylic acid groups (broad SMARTS) is 1. The Morgan fingerprint density at radius 1 is 1.42 bits per heavy atom. The van der Waals surface area contributed by atoms with Crippen molar-refractivity contribution in [2.45, 2.75) is 0 Å². The predicted octanol–water partition coefficient (Wildman–Crippen LogP) is 3.02. The first kappa shape index (κ1) is 12.1. The van der Waals surface area contributed by atoms with Crippen LogP contribution in [-0.4, -0.2) is 22.9 Å². The molecule has 0 atom stereocenters. The fourth-order valence-electron chi connectivity index (χ4n) is 1.50. The van der Waals surface area contributed by atoms with Gasteiger partial charge in [0.05, 0.1) is 0 Å². The number of carbonyl (C=O) groups is 1. The van der Waals surface area contributed by atoms with Crippen LogP contribution in [0, 0.1) is 0 Å². The average Bonchev–Trinajstić information content (AvgIpc) is 2.95. The highest BCUT2D eigenvalue weighted by atomic mass is 35.5. The van der Waals surface area contributed by atoms with Crippen molar-refractivity contribution in [3.05, 3.63) is 28.2 Å². The predicted molar refractivity (Wildman–Crippen MR) is 66.7 cm³/mol. The molecule has 0 saturated carbocycles. The van der Waals surface area contributed by atoms with Gasteiger partial charge >= 0.3 is 5.97 Å². The summed E-state index contributed by atoms with van der Waals surface area (Å²) in [6, 6.07) is 5.01. The number of carboxylic acids is 1. The molecular weight excluding hydrogens is 294 g/mol. The van der Waals surface area contributed by atoms with E-state index in [-0.39, 0.29) is 22.0 Å². The highest BCUT2D eigenvalue weighted by Gasteiger charge is 2.18. The Bertz CT molecular complexity index is 657. The molecule has 0 bridgehead atoms. The molecule has 1 aromatic carbocycles. The molecule has 8 heteroatoms. The minimum absolute atomic E-state index is 0.0580. The molecule has 0 saturated heterocycles. The summed E-state index contributed by atoms with van der Waals surface area (Å²) >= 11 is 6.55. The van der Waals surface area contributed by atoms with Gasteiger partial charge in [0.1, 0.15) is 5.75 Å². The standard InChI is InChI=1S/C11H6ClNO5S/c12-9-8(10(14)15)19-11(13-9)18-5-1-2-6-7(3-5)17-4-16-6/h1-3H,4H2,(H,14,15). The summed E-state index contributed by atoms with van der Waals surface area (Å²) in [5.74, 6) is 0.531. The van der Waals surface area contributed by atoms with Crippen LogP contribution in [-0.2, 0) is 0 Å². The molecule has 0 amide bonds. The third-order valence-corrected chi connectivity index (χ3v) is 3.62. The first-order valence-electron chi connectivity index (χ1n) is 5.10. The number of thiazole rings is 1. The van der Waals surface area contributed by atoms with Crippen molar-refractivity contribution in [3.63, 3.8) is 0 Å². The zero-order valence-corrected chi connectivity index (χ0v) is 10.8. The molecular formula is C11H6ClNO5S. The lowest BCUT2D eigenvalue weighted by atomic mass is 10.3. The minimum Gasteiger partial charge on any atom is -0.477 e. The lowest BCUT2D eigenvalue weighted by Gasteiger charge is -2.02. The maximum Gasteiger partial charge on any atom is 0.349 e. The fourth-order valence-corrected chi connectivity index (χ4v) is 2.49. The van der Waals surface area contributed by atoms with Crippen molar-refractivity contribution in [2.75, 3.05) is 6.79 Å². The molecule has 1 aliphatic heterocycles. The Kier molecular flexibility index (Phi) is 2.92. The monoisotopic (exact) mass is 299 g/mol. The van der Waals surface area contributed by atoms with Crippen LogP contribution in [0.5, 0.6) is 22.4 Å². The molecule has 1 aromatic heterocycles. The van der Waals surface area contributed by atoms with Crippen LogP contribution >= 0.6 is 22.9 Å². The van der Waals surface area contributed by atoms with Crippen molar-refractivity contribution in [1.29, 1.82) is 0 Å². The van der Waals surface area contributed by atoms with E-state index >= 15 is 0 Å². The van der Waals surface area contributed by atoms with Gasteiger partial charge in [0.25, 0.3) is 5.19 Å². The number of benzene rings is 1. The summed E-state index contributed by atoms with van der Waals surface area (Å²) in [7, 11) is 0. The molecule has 1 N–H and O–H groups in total. The smallest absolute Gasteiger partial charge is 0.349 e. The Morgan fingerprint density at radius 2 is 2.21 bits per heavy atom. The van der Waals surface area contributed by atoms with Crippen LogP contribution in [0.1, 0.15) is 9.67 Å². The van der Waals surface area contributed by atoms with Gasteiger partial charge in [-0.1, -0.05) is 22.9 Å². The van der Waals surface area contributed by atoms with Crippen LogP contribution in [0.25, 0.3) is 0 Å². The van der Waals surface area contributed by atoms with Crippen LogP contribution < -0.4 is 14.2 Å². The Balaban J connectivity index is 1.85. The first-order chi connectivity index (χ1) is 9.13. The van der Waals surface area contributed by atoms with E-state index in [2.05, 4.69) is 4.98 Å². The second kappa shape index (κ2) is 4.60. The highest BCUT2D eigenvalue weighted by molar-refractivity contribution is 7.15. The molecule has 0 spiro atoms. The maximum absolute atomic E-state index is 10.8. The number of aromatic nitrogens is 1. The SMILES string of the molecule is O=C(O)c1sc(Oc2ccc3c(c2)OCO3)nc1Cl. The fraction of sp³-hybridized carbons (Fsp3) is 0.0909. The van der Waals surface area contributed by atoms with E-state index in [4.69, 9.17) is 30.9 Å². The quantitative estimate of drug-likeness (QED) is 0.938. The van der Waals surface area contributed by atoms with Crippen molar-refractivity contribution >= 4 is 28.9 Å². The van der Waals surface area contributed by atoms with Gasteiger partial charge in [-0.15, -0.1) is 0 Å². The molecule has 2 heterocycles. The molecule has 6 nitrogen and oxygen atoms in total. The summed E-state index contributed by atoms with van der Waals surface area (Å²) in [4.78, 5) is 14.6. The summed E-state index contributed by atoms with van der Waals surface area (Å²) in [5.41, 5.74) is 0. The second-order valence-corrected chi connectivity index (χ2v) is 4.84. The van der Waals surface area contributed by atoms with Gasteiger partial charge in [-0.05, 0) is 12.1 Å². The van der Waals surface area contributed by atoms with E-state index in [0.717, 1.165) is 11.3 Å². The summed E-state index contributed by atoms with van der Waals surface area (Å²) in [6.07, 6.45) is 0. The van der Waals surface area contributed by atoms with Gasteiger partial charge in [-0.2, -0.15) is 4.98 Å². The summed E-state index contributed by atoms with van der Waals surface area (Å²) < 4.78 is 15.8. The third-order valence-electron chi connectivity index (χ3n) is 2.31. The summed E-state index contributed by atoms with van der Waals surface area (Å²) in [6.45, 7) is 0.172. The number of nitrogens with zero attached hydrogens (tertiary/aromatic N) is 1. The van der Waals surface area contributed by atoms with Gasteiger partial charge < -0.3 is 19.3 Å². The van der Waals surface area contributed by atoms with Gasteiger partial charge in [0.2, 0.25) is 6.79 Å². The van der Waals surface area contributed by atoms with Gasteiger partial charge in [0.15, 0.2) is 21.5 Å². The minimum atomic E-state index is -1.14. The topological polar surface area (TPSA) is 77.9 Å². The number of fused-ring (bicyclic) bond motifs is 1. The average molecular weight is 300 g/mol. The number of hydrogen-bond donors (Lipinski definition) is 1. The Morgan fingerprint density at radius 3 is 2.95 bits per heavy atom. The van der Waals surface area contributed by atoms with E-state index < -0.39 is 5.97 Å². The largest absolute Gasteiger partial charge is 0.477 e. The lowest BCUT2D eigenvalue weighted by molar-refractivity contribution is 0.0702. The molecule has 2 aromatic rings. The number of rotatable bonds is 3. The zero-order valence-electron chi connectivity index (χ0n) is 9.25. The number of hydrogen-bond acceptors (Lipinski definition) is 6. The maximum atomic E-state index is 10.8. The number of aromatic carboxylic acids is 1. The molecule has 0 radical (unpaired) electrons. The van der Waals surface area contributed by atoms with Gasteiger partial charge in [0, 0.05) is 6.07 Å². The number of ether oxygens (including phenoxy) is 3. The van der Waals surface area contributed by atoms with Crippen molar-refractivity contribution in [3.8, 4) is 22.4 Å². The van der Waals surface area contributed by atoms with E-state index in [0.29, 0.717) is 17.2 Å². The molecule has 1 aliphatic rings. The molecule has 3 rings (SSSR count). The van der Waals surface area contributed by atoms with Gasteiger partial charge in [-0.3, -0.25) is 0 Å². The molecule has 0 fully saturated rings. The highest BCUT2D eigenvalue weighted by Crippen LogP contribution is 2.38. The van der Waals surface area contributed by atoms with Crippen LogP contribution in [0.2, 0.25) is 5.15 Å². The van der Waals surface area contributed by atoms with E-state index in [1.54, 1.807) is 18.2 Å². The first-order valence-corrected chi connectivity index (χ1v) is 6.30. The molecule has 19 heavy (non-hydrogen) atoms. The zero-order chi connectivity index (χ0) is 13.4. The molecule has 98 valence electrons. The van der Waals surface area contributed by atoms with E-state index in [9.17, 15) is 4.79 Å². The summed E-state index contributed by atoms with van der Waals surface area (Å²) in [5, 5.41) is 8.93. The lowest BCUT2D eigenvalue weighted by Crippen LogP contribution is -1.92. The van der Waals surface area contributed by atoms with Crippen LogP contribution in [0.4, 0.5) is 0 Å². The van der Waals surface area contributed by atoms with Crippen LogP contribution in [0.15, 0.2) is 18.2 Å². The van der Waals surface area contributed by atoms with Crippen molar-refractivity contribution < 1.29 is 24.1 Å². The van der Waals surface area contributed by atoms with E-state index in [1.165, 1.54) is 0 Å². The van der Waals surface area contributed by atoms with Crippen molar-refractivity contribution in [2.24, 2.45) is 0 Å². The van der Waals surface area contributed by atoms with Gasteiger partial charge in [-0.25, -0.2) is 4.79 Å². The normalized spacial score (nSPS) is 12.5. The Labute approximate surface area is 116 Å². The van der Waals surface area contributed by atoms with E-state index in [1.807, 2.05) is 0 Å². The molecule has 0 unspecified atom stereocenters. The number of halogens is 1. The molecule has 0 aliphatic carbocycles. The second-order valence-electron chi connectivity index (χ2n) is 3.52. The third kappa shape index (κ3) is 2.29.